The number of alkyl halides is 1. The zero-order chi connectivity index (χ0) is 9.84. The fourth-order valence-corrected chi connectivity index (χ4v) is 1.30. The van der Waals surface area contributed by atoms with Gasteiger partial charge in [-0.15, -0.1) is 0 Å². The molecular formula is C9H9BrF2O. The number of benzene rings is 1. The highest BCUT2D eigenvalue weighted by Gasteiger charge is 2.11. The summed E-state index contributed by atoms with van der Waals surface area (Å²) < 4.78 is 31.0. The van der Waals surface area contributed by atoms with Gasteiger partial charge in [0.15, 0.2) is 17.4 Å². The lowest BCUT2D eigenvalue weighted by molar-refractivity contribution is 0.302. The first-order chi connectivity index (χ1) is 6.19. The standard InChI is InChI=1S/C9H9BrF2O/c1-2-13-9-7(11)3-6(5-10)4-8(9)12/h3-4H,2,5H2,1H3. The molecule has 0 heterocycles. The molecule has 0 aliphatic carbocycles. The van der Waals surface area contributed by atoms with Crippen molar-refractivity contribution in [2.45, 2.75) is 12.3 Å². The monoisotopic (exact) mass is 250 g/mol. The van der Waals surface area contributed by atoms with E-state index in [4.69, 9.17) is 4.74 Å². The Morgan fingerprint density at radius 1 is 1.31 bits per heavy atom. The molecule has 0 amide bonds. The first-order valence-corrected chi connectivity index (χ1v) is 4.97. The van der Waals surface area contributed by atoms with E-state index in [0.29, 0.717) is 10.9 Å². The Bertz CT molecular complexity index is 279. The molecule has 1 nitrogen and oxygen atoms in total. The van der Waals surface area contributed by atoms with Crippen molar-refractivity contribution in [2.24, 2.45) is 0 Å². The smallest absolute Gasteiger partial charge is 0.190 e. The molecule has 1 rings (SSSR count). The van der Waals surface area contributed by atoms with Crippen molar-refractivity contribution >= 4 is 15.9 Å². The second-order valence-electron chi connectivity index (χ2n) is 2.46. The Morgan fingerprint density at radius 3 is 2.23 bits per heavy atom. The van der Waals surface area contributed by atoms with E-state index < -0.39 is 11.6 Å². The van der Waals surface area contributed by atoms with Gasteiger partial charge in [-0.3, -0.25) is 0 Å². The van der Waals surface area contributed by atoms with Gasteiger partial charge < -0.3 is 4.74 Å². The van der Waals surface area contributed by atoms with E-state index in [0.717, 1.165) is 0 Å². The second-order valence-corrected chi connectivity index (χ2v) is 3.02. The van der Waals surface area contributed by atoms with Gasteiger partial charge in [-0.25, -0.2) is 8.78 Å². The van der Waals surface area contributed by atoms with Crippen LogP contribution in [0.2, 0.25) is 0 Å². The highest BCUT2D eigenvalue weighted by Crippen LogP contribution is 2.24. The van der Waals surface area contributed by atoms with Crippen LogP contribution < -0.4 is 4.74 Å². The predicted molar refractivity (Wildman–Crippen MR) is 50.2 cm³/mol. The maximum Gasteiger partial charge on any atom is 0.190 e. The normalized spacial score (nSPS) is 10.2. The lowest BCUT2D eigenvalue weighted by atomic mass is 10.2. The van der Waals surface area contributed by atoms with Crippen molar-refractivity contribution in [3.63, 3.8) is 0 Å². The van der Waals surface area contributed by atoms with Crippen molar-refractivity contribution in [2.75, 3.05) is 6.61 Å². The first-order valence-electron chi connectivity index (χ1n) is 3.85. The van der Waals surface area contributed by atoms with Gasteiger partial charge in [0, 0.05) is 5.33 Å². The summed E-state index contributed by atoms with van der Waals surface area (Å²) in [5.74, 6) is -1.61. The predicted octanol–water partition coefficient (Wildman–Crippen LogP) is 3.26. The van der Waals surface area contributed by atoms with Crippen molar-refractivity contribution < 1.29 is 13.5 Å². The van der Waals surface area contributed by atoms with E-state index in [1.807, 2.05) is 0 Å². The van der Waals surface area contributed by atoms with Crippen LogP contribution in [0.3, 0.4) is 0 Å². The molecule has 0 radical (unpaired) electrons. The lowest BCUT2D eigenvalue weighted by Crippen LogP contribution is -1.98. The summed E-state index contributed by atoms with van der Waals surface area (Å²) in [7, 11) is 0. The van der Waals surface area contributed by atoms with Gasteiger partial charge in [-0.05, 0) is 24.6 Å². The second kappa shape index (κ2) is 4.56. The molecule has 0 N–H and O–H groups in total. The average Bonchev–Trinajstić information content (AvgIpc) is 2.11. The van der Waals surface area contributed by atoms with Gasteiger partial charge in [-0.2, -0.15) is 0 Å². The minimum Gasteiger partial charge on any atom is -0.488 e. The summed E-state index contributed by atoms with van der Waals surface area (Å²) in [5, 5.41) is 0.424. The van der Waals surface area contributed by atoms with E-state index in [9.17, 15) is 8.78 Å². The van der Waals surface area contributed by atoms with Gasteiger partial charge in [0.2, 0.25) is 0 Å². The Morgan fingerprint density at radius 2 is 1.85 bits per heavy atom. The Balaban J connectivity index is 3.07. The molecule has 4 heteroatoms. The van der Waals surface area contributed by atoms with Crippen LogP contribution >= 0.6 is 15.9 Å². The molecule has 0 unspecified atom stereocenters. The Hall–Kier alpha value is -0.640. The van der Waals surface area contributed by atoms with Gasteiger partial charge >= 0.3 is 0 Å². The van der Waals surface area contributed by atoms with Crippen molar-refractivity contribution in [1.29, 1.82) is 0 Å². The highest BCUT2D eigenvalue weighted by atomic mass is 79.9. The van der Waals surface area contributed by atoms with E-state index in [2.05, 4.69) is 15.9 Å². The maximum atomic E-state index is 13.1. The highest BCUT2D eigenvalue weighted by molar-refractivity contribution is 9.08. The minimum atomic E-state index is -0.656. The molecule has 0 atom stereocenters. The zero-order valence-corrected chi connectivity index (χ0v) is 8.70. The number of hydrogen-bond acceptors (Lipinski definition) is 1. The third kappa shape index (κ3) is 2.40. The van der Waals surface area contributed by atoms with E-state index in [-0.39, 0.29) is 12.4 Å². The fraction of sp³-hybridized carbons (Fsp3) is 0.333. The molecule has 0 fully saturated rings. The molecule has 72 valence electrons. The number of rotatable bonds is 3. The maximum absolute atomic E-state index is 13.1. The van der Waals surface area contributed by atoms with E-state index >= 15 is 0 Å². The minimum absolute atomic E-state index is 0.251. The largest absolute Gasteiger partial charge is 0.488 e. The molecule has 0 bridgehead atoms. The number of halogens is 3. The van der Waals surface area contributed by atoms with Crippen LogP contribution in [0.5, 0.6) is 5.75 Å². The summed E-state index contributed by atoms with van der Waals surface area (Å²) in [6.45, 7) is 1.93. The van der Waals surface area contributed by atoms with Gasteiger partial charge in [0.05, 0.1) is 6.61 Å². The van der Waals surface area contributed by atoms with Crippen LogP contribution in [0.1, 0.15) is 12.5 Å². The fourth-order valence-electron chi connectivity index (χ4n) is 0.972. The molecule has 13 heavy (non-hydrogen) atoms. The van der Waals surface area contributed by atoms with Gasteiger partial charge in [0.1, 0.15) is 0 Å². The third-order valence-corrected chi connectivity index (χ3v) is 2.15. The zero-order valence-electron chi connectivity index (χ0n) is 7.11. The summed E-state index contributed by atoms with van der Waals surface area (Å²) in [6.07, 6.45) is 0. The summed E-state index contributed by atoms with van der Waals surface area (Å²) in [6, 6.07) is 2.51. The molecule has 1 aromatic carbocycles. The first kappa shape index (κ1) is 10.4. The van der Waals surface area contributed by atoms with Crippen molar-refractivity contribution in [1.82, 2.24) is 0 Å². The molecule has 0 aromatic heterocycles. The Kier molecular flexibility index (Phi) is 3.66. The number of hydrogen-bond donors (Lipinski definition) is 0. The summed E-state index contributed by atoms with van der Waals surface area (Å²) in [4.78, 5) is 0. The van der Waals surface area contributed by atoms with Gasteiger partial charge in [-0.1, -0.05) is 15.9 Å². The SMILES string of the molecule is CCOc1c(F)cc(CBr)cc1F. The molecule has 0 aliphatic rings. The topological polar surface area (TPSA) is 9.23 Å². The van der Waals surface area contributed by atoms with Crippen LogP contribution in [0.25, 0.3) is 0 Å². The van der Waals surface area contributed by atoms with Crippen LogP contribution in [0, 0.1) is 11.6 Å². The van der Waals surface area contributed by atoms with Crippen LogP contribution in [0.4, 0.5) is 8.78 Å². The summed E-state index contributed by atoms with van der Waals surface area (Å²) >= 11 is 3.12. The van der Waals surface area contributed by atoms with Crippen LogP contribution in [-0.2, 0) is 5.33 Å². The van der Waals surface area contributed by atoms with Crippen molar-refractivity contribution in [3.05, 3.63) is 29.3 Å². The van der Waals surface area contributed by atoms with Crippen molar-refractivity contribution in [3.8, 4) is 5.75 Å². The Labute approximate surface area is 83.8 Å². The molecule has 0 spiro atoms. The van der Waals surface area contributed by atoms with E-state index in [1.54, 1.807) is 6.92 Å². The lowest BCUT2D eigenvalue weighted by Gasteiger charge is -2.06. The number of ether oxygens (including phenoxy) is 1. The van der Waals surface area contributed by atoms with E-state index in [1.165, 1.54) is 12.1 Å². The molecule has 0 aliphatic heterocycles. The summed E-state index contributed by atoms with van der Waals surface area (Å²) in [5.41, 5.74) is 0.554. The van der Waals surface area contributed by atoms with Crippen LogP contribution in [-0.4, -0.2) is 6.61 Å². The quantitative estimate of drug-likeness (QED) is 0.749. The third-order valence-electron chi connectivity index (χ3n) is 1.50. The molecular weight excluding hydrogens is 242 g/mol. The van der Waals surface area contributed by atoms with Gasteiger partial charge in [0.25, 0.3) is 0 Å². The molecule has 0 saturated heterocycles. The van der Waals surface area contributed by atoms with Crippen LogP contribution in [0.15, 0.2) is 12.1 Å². The average molecular weight is 251 g/mol. The molecule has 0 saturated carbocycles. The molecule has 1 aromatic rings.